The van der Waals surface area contributed by atoms with Crippen LogP contribution in [0.2, 0.25) is 0 Å². The molecule has 4 aromatic heterocycles. The number of nitrogens with zero attached hydrogens (tertiary/aromatic N) is 3. The minimum absolute atomic E-state index is 0.411. The summed E-state index contributed by atoms with van der Waals surface area (Å²) in [5.41, 5.74) is 6.11. The number of para-hydroxylation sites is 2. The molecule has 0 saturated heterocycles. The maximum absolute atomic E-state index is 14.5. The lowest BCUT2D eigenvalue weighted by molar-refractivity contribution is 0.958. The van der Waals surface area contributed by atoms with Crippen LogP contribution in [0.25, 0.3) is 93.1 Å². The monoisotopic (exact) mass is 655 g/mol. The molecule has 0 N–H and O–H groups in total. The van der Waals surface area contributed by atoms with Gasteiger partial charge in [-0.2, -0.15) is 0 Å². The summed E-state index contributed by atoms with van der Waals surface area (Å²) in [6, 6.07) is 50.4. The summed E-state index contributed by atoms with van der Waals surface area (Å²) in [6.45, 7) is 0. The van der Waals surface area contributed by atoms with Crippen LogP contribution in [-0.4, -0.2) is 13.4 Å². The lowest BCUT2D eigenvalue weighted by atomic mass is 9.95. The summed E-state index contributed by atoms with van der Waals surface area (Å²) < 4.78 is 4.67. The van der Waals surface area contributed by atoms with E-state index in [-0.39, 0.29) is 0 Å². The Hall–Kier alpha value is -7.05. The van der Waals surface area contributed by atoms with Gasteiger partial charge in [0, 0.05) is 32.3 Å². The van der Waals surface area contributed by atoms with E-state index >= 15 is 0 Å². The van der Waals surface area contributed by atoms with Gasteiger partial charge >= 0.3 is 5.69 Å². The van der Waals surface area contributed by atoms with E-state index in [2.05, 4.69) is 41.0 Å². The van der Waals surface area contributed by atoms with Crippen molar-refractivity contribution in [3.05, 3.63) is 183 Å². The predicted molar refractivity (Wildman–Crippen MR) is 207 cm³/mol. The average molecular weight is 656 g/mol. The third-order valence-corrected chi connectivity index (χ3v) is 10.6. The summed E-state index contributed by atoms with van der Waals surface area (Å²) in [5, 5.41) is 5.92. The first-order chi connectivity index (χ1) is 25.1. The van der Waals surface area contributed by atoms with Crippen LogP contribution in [0.15, 0.2) is 166 Å². The minimum atomic E-state index is -0.655. The van der Waals surface area contributed by atoms with Crippen LogP contribution >= 0.6 is 0 Å². The number of fused-ring (bicyclic) bond motifs is 7. The van der Waals surface area contributed by atoms with Crippen molar-refractivity contribution in [2.24, 2.45) is 0 Å². The second-order valence-corrected chi connectivity index (χ2v) is 13.2. The van der Waals surface area contributed by atoms with Crippen LogP contribution in [0.5, 0.6) is 0 Å². The van der Waals surface area contributed by atoms with Gasteiger partial charge in [0.2, 0.25) is 0 Å². The standard InChI is InChI=1S/C45H25N3O3/c49-43-32-21-19-28(26-11-3-1-4-12-26)23-34(32)36-25-39(46-37-17-9-7-15-30(37)31-16-8-10-18-38(31)46)40-35-24-29(27-13-5-2-6-14-27)20-22-33(35)44(50)48-42(40)41(36)47(43)45(48)51/h1-25H. The van der Waals surface area contributed by atoms with E-state index in [9.17, 15) is 14.4 Å². The number of pyridine rings is 2. The van der Waals surface area contributed by atoms with Crippen molar-refractivity contribution < 1.29 is 0 Å². The van der Waals surface area contributed by atoms with Crippen molar-refractivity contribution >= 4 is 65.2 Å². The van der Waals surface area contributed by atoms with E-state index in [0.717, 1.165) is 71.3 Å². The molecule has 7 aromatic carbocycles. The molecule has 0 spiro atoms. The van der Waals surface area contributed by atoms with Crippen molar-refractivity contribution in [2.45, 2.75) is 0 Å². The van der Waals surface area contributed by atoms with Crippen molar-refractivity contribution in [2.75, 3.05) is 0 Å². The number of benzene rings is 7. The van der Waals surface area contributed by atoms with Crippen LogP contribution in [0.4, 0.5) is 0 Å². The number of aromatic nitrogens is 3. The first-order valence-electron chi connectivity index (χ1n) is 16.9. The Kier molecular flexibility index (Phi) is 5.46. The zero-order valence-corrected chi connectivity index (χ0v) is 27.0. The number of rotatable bonds is 3. The molecule has 0 aliphatic carbocycles. The minimum Gasteiger partial charge on any atom is -0.309 e. The van der Waals surface area contributed by atoms with E-state index in [4.69, 9.17) is 0 Å². The average Bonchev–Trinajstić information content (AvgIpc) is 3.69. The van der Waals surface area contributed by atoms with Gasteiger partial charge in [0.05, 0.1) is 27.8 Å². The Labute approximate surface area is 288 Å². The molecule has 0 radical (unpaired) electrons. The fourth-order valence-corrected chi connectivity index (χ4v) is 8.34. The van der Waals surface area contributed by atoms with Crippen molar-refractivity contribution in [3.63, 3.8) is 0 Å². The third kappa shape index (κ3) is 3.63. The second kappa shape index (κ2) is 10.00. The van der Waals surface area contributed by atoms with Gasteiger partial charge in [0.15, 0.2) is 0 Å². The largest absolute Gasteiger partial charge is 0.343 e. The molecule has 0 aliphatic rings. The molecule has 11 aromatic rings. The van der Waals surface area contributed by atoms with E-state index in [1.807, 2.05) is 109 Å². The zero-order chi connectivity index (χ0) is 34.0. The predicted octanol–water partition coefficient (Wildman–Crippen LogP) is 9.04. The molecular weight excluding hydrogens is 631 g/mol. The fourth-order valence-electron chi connectivity index (χ4n) is 8.34. The van der Waals surface area contributed by atoms with Crippen LogP contribution in [-0.2, 0) is 0 Å². The molecule has 0 unspecified atom stereocenters. The molecule has 6 heteroatoms. The highest BCUT2D eigenvalue weighted by Crippen LogP contribution is 2.42. The SMILES string of the molecule is O=c1c2ccc(-c3ccccc3)cc2c2cc(-n3c4ccccc4c4ccccc43)c3c4cc(-c5ccccc5)ccc4c(=O)n4c(=O)n1c2c34. The van der Waals surface area contributed by atoms with E-state index in [1.54, 1.807) is 6.07 Å². The Balaban J connectivity index is 1.43. The molecule has 11 rings (SSSR count). The Morgan fingerprint density at radius 1 is 0.353 bits per heavy atom. The number of hydrogen-bond donors (Lipinski definition) is 0. The van der Waals surface area contributed by atoms with Gasteiger partial charge in [-0.3, -0.25) is 9.59 Å². The van der Waals surface area contributed by atoms with Gasteiger partial charge in [0.1, 0.15) is 0 Å². The van der Waals surface area contributed by atoms with Gasteiger partial charge in [-0.15, -0.1) is 0 Å². The van der Waals surface area contributed by atoms with Crippen LogP contribution in [0, 0.1) is 0 Å². The molecule has 0 aliphatic heterocycles. The van der Waals surface area contributed by atoms with E-state index in [0.29, 0.717) is 21.8 Å². The Morgan fingerprint density at radius 3 is 1.43 bits per heavy atom. The molecule has 51 heavy (non-hydrogen) atoms. The topological polar surface area (TPSA) is 65.0 Å². The normalized spacial score (nSPS) is 12.2. The fraction of sp³-hybridized carbons (Fsp3) is 0. The first-order valence-corrected chi connectivity index (χ1v) is 16.9. The smallest absolute Gasteiger partial charge is 0.309 e. The molecule has 0 saturated carbocycles. The summed E-state index contributed by atoms with van der Waals surface area (Å²) >= 11 is 0. The summed E-state index contributed by atoms with van der Waals surface area (Å²) in [7, 11) is 0. The van der Waals surface area contributed by atoms with Crippen molar-refractivity contribution in [1.29, 1.82) is 0 Å². The molecular formula is C45H25N3O3. The highest BCUT2D eigenvalue weighted by Gasteiger charge is 2.27. The highest BCUT2D eigenvalue weighted by molar-refractivity contribution is 6.24. The number of imidazole rings is 1. The van der Waals surface area contributed by atoms with Crippen LogP contribution in [0.3, 0.4) is 0 Å². The highest BCUT2D eigenvalue weighted by atomic mass is 16.2. The third-order valence-electron chi connectivity index (χ3n) is 10.6. The van der Waals surface area contributed by atoms with Gasteiger partial charge in [-0.25, -0.2) is 13.6 Å². The molecule has 0 fully saturated rings. The maximum Gasteiger partial charge on any atom is 0.343 e. The lowest BCUT2D eigenvalue weighted by Gasteiger charge is -2.17. The summed E-state index contributed by atoms with van der Waals surface area (Å²) in [6.07, 6.45) is 0. The van der Waals surface area contributed by atoms with Gasteiger partial charge in [-0.05, 0) is 75.5 Å². The lowest BCUT2D eigenvalue weighted by Crippen LogP contribution is -2.30. The molecule has 238 valence electrons. The van der Waals surface area contributed by atoms with Gasteiger partial charge in [0.25, 0.3) is 11.1 Å². The summed E-state index contributed by atoms with van der Waals surface area (Å²) in [4.78, 5) is 43.3. The molecule has 6 nitrogen and oxygen atoms in total. The Bertz CT molecular complexity index is 3360. The van der Waals surface area contributed by atoms with Crippen LogP contribution < -0.4 is 16.8 Å². The number of hydrogen-bond acceptors (Lipinski definition) is 3. The Morgan fingerprint density at radius 2 is 0.843 bits per heavy atom. The van der Waals surface area contributed by atoms with Gasteiger partial charge < -0.3 is 4.57 Å². The van der Waals surface area contributed by atoms with E-state index < -0.39 is 16.8 Å². The van der Waals surface area contributed by atoms with E-state index in [1.165, 1.54) is 8.80 Å². The molecule has 0 bridgehead atoms. The molecule has 4 heterocycles. The quantitative estimate of drug-likeness (QED) is 0.179. The van der Waals surface area contributed by atoms with Gasteiger partial charge in [-0.1, -0.05) is 109 Å². The second-order valence-electron chi connectivity index (χ2n) is 13.2. The first kappa shape index (κ1) is 27.9. The van der Waals surface area contributed by atoms with Crippen molar-refractivity contribution in [1.82, 2.24) is 13.4 Å². The van der Waals surface area contributed by atoms with Crippen LogP contribution in [0.1, 0.15) is 0 Å². The van der Waals surface area contributed by atoms with Crippen molar-refractivity contribution in [3.8, 4) is 27.9 Å². The molecule has 0 amide bonds. The summed E-state index contributed by atoms with van der Waals surface area (Å²) in [5.74, 6) is 0. The molecule has 0 atom stereocenters. The zero-order valence-electron chi connectivity index (χ0n) is 27.0. The maximum atomic E-state index is 14.5.